The largest absolute Gasteiger partial charge is 0.496 e. The molecule has 0 saturated heterocycles. The standard InChI is InChI=1S/C21H22N2O6/c1-5-28-20(25)17-12(3)23-15(11-24)19(21(26)29-6-2)18(17)14-8-7-13(10-22)9-16(14)27-4/h7-9,11,18,23H,5-6H2,1-4H3. The van der Waals surface area contributed by atoms with Crippen LogP contribution in [-0.2, 0) is 23.9 Å². The Labute approximate surface area is 168 Å². The topological polar surface area (TPSA) is 115 Å². The lowest BCUT2D eigenvalue weighted by Crippen LogP contribution is -2.34. The molecule has 1 unspecified atom stereocenters. The van der Waals surface area contributed by atoms with Crippen molar-refractivity contribution in [3.05, 3.63) is 51.9 Å². The number of nitrogens with one attached hydrogen (secondary N) is 1. The van der Waals surface area contributed by atoms with Crippen LogP contribution in [0, 0.1) is 11.3 Å². The highest BCUT2D eigenvalue weighted by Crippen LogP contribution is 2.42. The van der Waals surface area contributed by atoms with Gasteiger partial charge in [-0.3, -0.25) is 4.79 Å². The summed E-state index contributed by atoms with van der Waals surface area (Å²) in [5.41, 5.74) is 1.26. The lowest BCUT2D eigenvalue weighted by Gasteiger charge is -2.30. The van der Waals surface area contributed by atoms with E-state index >= 15 is 0 Å². The molecule has 8 nitrogen and oxygen atoms in total. The van der Waals surface area contributed by atoms with Gasteiger partial charge in [0.15, 0.2) is 6.29 Å². The van der Waals surface area contributed by atoms with Crippen LogP contribution < -0.4 is 10.1 Å². The van der Waals surface area contributed by atoms with Gasteiger partial charge in [-0.2, -0.15) is 5.26 Å². The third kappa shape index (κ3) is 4.29. The Morgan fingerprint density at radius 1 is 1.17 bits per heavy atom. The Morgan fingerprint density at radius 2 is 1.79 bits per heavy atom. The second-order valence-corrected chi connectivity index (χ2v) is 6.05. The number of carbonyl (C=O) groups excluding carboxylic acids is 3. The van der Waals surface area contributed by atoms with Gasteiger partial charge >= 0.3 is 11.9 Å². The lowest BCUT2D eigenvalue weighted by molar-refractivity contribution is -0.139. The summed E-state index contributed by atoms with van der Waals surface area (Å²) in [4.78, 5) is 37.2. The van der Waals surface area contributed by atoms with Gasteiger partial charge in [-0.1, -0.05) is 6.07 Å². The average molecular weight is 398 g/mol. The Kier molecular flexibility index (Phi) is 7.15. The van der Waals surface area contributed by atoms with Crippen molar-refractivity contribution in [3.8, 4) is 11.8 Å². The van der Waals surface area contributed by atoms with Crippen LogP contribution in [0.3, 0.4) is 0 Å². The van der Waals surface area contributed by atoms with E-state index in [1.54, 1.807) is 32.9 Å². The van der Waals surface area contributed by atoms with Gasteiger partial charge in [-0.15, -0.1) is 0 Å². The molecule has 1 aliphatic heterocycles. The minimum Gasteiger partial charge on any atom is -0.496 e. The third-order valence-corrected chi connectivity index (χ3v) is 4.38. The first-order chi connectivity index (χ1) is 13.9. The molecule has 1 aromatic rings. The molecule has 1 heterocycles. The van der Waals surface area contributed by atoms with E-state index in [0.29, 0.717) is 23.1 Å². The van der Waals surface area contributed by atoms with E-state index in [1.807, 2.05) is 6.07 Å². The van der Waals surface area contributed by atoms with Crippen molar-refractivity contribution in [1.29, 1.82) is 5.26 Å². The molecule has 0 amide bonds. The van der Waals surface area contributed by atoms with Gasteiger partial charge in [-0.05, 0) is 32.9 Å². The fraction of sp³-hybridized carbons (Fsp3) is 0.333. The van der Waals surface area contributed by atoms with E-state index in [0.717, 1.165) is 0 Å². The zero-order chi connectivity index (χ0) is 21.6. The van der Waals surface area contributed by atoms with Crippen molar-refractivity contribution < 1.29 is 28.6 Å². The molecule has 0 aromatic heterocycles. The molecule has 29 heavy (non-hydrogen) atoms. The Hall–Kier alpha value is -3.60. The maximum Gasteiger partial charge on any atom is 0.337 e. The SMILES string of the molecule is CCOC(=O)C1=C(C)NC(C=O)=C(C(=O)OCC)C1c1ccc(C#N)cc1OC. The van der Waals surface area contributed by atoms with E-state index in [4.69, 9.17) is 14.2 Å². The van der Waals surface area contributed by atoms with Crippen molar-refractivity contribution in [2.45, 2.75) is 26.7 Å². The minimum atomic E-state index is -0.975. The molecule has 0 bridgehead atoms. The normalized spacial score (nSPS) is 15.9. The number of allylic oxidation sites excluding steroid dienone is 2. The first-order valence-corrected chi connectivity index (χ1v) is 9.02. The number of aldehydes is 1. The fourth-order valence-corrected chi connectivity index (χ4v) is 3.19. The third-order valence-electron chi connectivity index (χ3n) is 4.38. The Balaban J connectivity index is 2.81. The molecule has 0 radical (unpaired) electrons. The van der Waals surface area contributed by atoms with E-state index < -0.39 is 17.9 Å². The molecule has 0 spiro atoms. The molecule has 2 rings (SSSR count). The fourth-order valence-electron chi connectivity index (χ4n) is 3.19. The van der Waals surface area contributed by atoms with Crippen LogP contribution in [0.4, 0.5) is 0 Å². The van der Waals surface area contributed by atoms with Gasteiger partial charge < -0.3 is 19.5 Å². The minimum absolute atomic E-state index is 0.00888. The van der Waals surface area contributed by atoms with Crippen molar-refractivity contribution in [2.75, 3.05) is 20.3 Å². The number of carbonyl (C=O) groups is 3. The Bertz CT molecular complexity index is 939. The van der Waals surface area contributed by atoms with E-state index in [1.165, 1.54) is 13.2 Å². The van der Waals surface area contributed by atoms with Crippen LogP contribution in [0.15, 0.2) is 40.7 Å². The highest BCUT2D eigenvalue weighted by atomic mass is 16.5. The van der Waals surface area contributed by atoms with Crippen LogP contribution in [0.1, 0.15) is 37.8 Å². The average Bonchev–Trinajstić information content (AvgIpc) is 2.72. The maximum atomic E-state index is 12.8. The number of hydrogen-bond acceptors (Lipinski definition) is 8. The van der Waals surface area contributed by atoms with Crippen molar-refractivity contribution in [2.24, 2.45) is 0 Å². The number of benzene rings is 1. The zero-order valence-electron chi connectivity index (χ0n) is 16.7. The summed E-state index contributed by atoms with van der Waals surface area (Å²) in [5.74, 6) is -2.07. The summed E-state index contributed by atoms with van der Waals surface area (Å²) in [6, 6.07) is 6.64. The summed E-state index contributed by atoms with van der Waals surface area (Å²) in [5, 5.41) is 12.0. The second-order valence-electron chi connectivity index (χ2n) is 6.05. The van der Waals surface area contributed by atoms with Gasteiger partial charge in [0.2, 0.25) is 0 Å². The molecular weight excluding hydrogens is 376 g/mol. The number of esters is 2. The Morgan fingerprint density at radius 3 is 2.31 bits per heavy atom. The number of ether oxygens (including phenoxy) is 3. The van der Waals surface area contributed by atoms with E-state index in [-0.39, 0.29) is 35.8 Å². The van der Waals surface area contributed by atoms with E-state index in [9.17, 15) is 19.6 Å². The number of dihydropyridines is 1. The molecular formula is C21H22N2O6. The van der Waals surface area contributed by atoms with Crippen LogP contribution >= 0.6 is 0 Å². The molecule has 0 saturated carbocycles. The van der Waals surface area contributed by atoms with Crippen molar-refractivity contribution in [1.82, 2.24) is 5.32 Å². The predicted molar refractivity (Wildman–Crippen MR) is 103 cm³/mol. The van der Waals surface area contributed by atoms with Gasteiger partial charge in [0.25, 0.3) is 0 Å². The van der Waals surface area contributed by atoms with Crippen LogP contribution in [0.25, 0.3) is 0 Å². The van der Waals surface area contributed by atoms with Gasteiger partial charge in [-0.25, -0.2) is 9.59 Å². The maximum absolute atomic E-state index is 12.8. The van der Waals surface area contributed by atoms with Crippen LogP contribution in [0.5, 0.6) is 5.75 Å². The molecule has 1 atom stereocenters. The van der Waals surface area contributed by atoms with Crippen molar-refractivity contribution in [3.63, 3.8) is 0 Å². The molecule has 8 heteroatoms. The molecule has 1 aromatic carbocycles. The summed E-state index contributed by atoms with van der Waals surface area (Å²) >= 11 is 0. The number of rotatable bonds is 7. The number of nitriles is 1. The first kappa shape index (κ1) is 21.7. The number of hydrogen-bond donors (Lipinski definition) is 1. The zero-order valence-corrected chi connectivity index (χ0v) is 16.7. The van der Waals surface area contributed by atoms with Crippen molar-refractivity contribution >= 4 is 18.2 Å². The highest BCUT2D eigenvalue weighted by Gasteiger charge is 2.40. The smallest absolute Gasteiger partial charge is 0.337 e. The van der Waals surface area contributed by atoms with Crippen LogP contribution in [0.2, 0.25) is 0 Å². The lowest BCUT2D eigenvalue weighted by atomic mass is 9.79. The first-order valence-electron chi connectivity index (χ1n) is 9.02. The summed E-state index contributed by atoms with van der Waals surface area (Å²) in [6.07, 6.45) is 0.501. The summed E-state index contributed by atoms with van der Waals surface area (Å²) in [6.45, 7) is 5.13. The molecule has 152 valence electrons. The highest BCUT2D eigenvalue weighted by molar-refractivity contribution is 6.03. The van der Waals surface area contributed by atoms with Crippen LogP contribution in [-0.4, -0.2) is 38.5 Å². The summed E-state index contributed by atoms with van der Waals surface area (Å²) < 4.78 is 15.7. The van der Waals surface area contributed by atoms with Gasteiger partial charge in [0.05, 0.1) is 54.7 Å². The molecule has 0 fully saturated rings. The number of methoxy groups -OCH3 is 1. The second kappa shape index (κ2) is 9.55. The monoisotopic (exact) mass is 398 g/mol. The van der Waals surface area contributed by atoms with E-state index in [2.05, 4.69) is 5.32 Å². The molecule has 1 aliphatic rings. The quantitative estimate of drug-likeness (QED) is 0.549. The molecule has 0 aliphatic carbocycles. The van der Waals surface area contributed by atoms with Gasteiger partial charge in [0, 0.05) is 11.3 Å². The van der Waals surface area contributed by atoms with Gasteiger partial charge in [0.1, 0.15) is 5.75 Å². The number of nitrogens with zero attached hydrogens (tertiary/aromatic N) is 1. The summed E-state index contributed by atoms with van der Waals surface area (Å²) in [7, 11) is 1.41. The molecule has 1 N–H and O–H groups in total. The predicted octanol–water partition coefficient (Wildman–Crippen LogP) is 2.11.